The van der Waals surface area contributed by atoms with Gasteiger partial charge in [-0.2, -0.15) is 11.3 Å². The summed E-state index contributed by atoms with van der Waals surface area (Å²) >= 11 is 3.17. The molecule has 2 rings (SSSR count). The lowest BCUT2D eigenvalue weighted by Crippen LogP contribution is -2.37. The number of carbonyl (C=O) groups excluding carboxylic acids is 1. The van der Waals surface area contributed by atoms with E-state index in [9.17, 15) is 4.79 Å². The third-order valence-electron chi connectivity index (χ3n) is 2.94. The second-order valence-corrected chi connectivity index (χ2v) is 6.07. The topological polar surface area (TPSA) is 62.7 Å². The Kier molecular flexibility index (Phi) is 6.31. The average molecular weight is 326 g/mol. The zero-order valence-electron chi connectivity index (χ0n) is 11.8. The van der Waals surface area contributed by atoms with Crippen molar-refractivity contribution in [1.82, 2.24) is 9.88 Å². The first-order valence-corrected chi connectivity index (χ1v) is 8.41. The van der Waals surface area contributed by atoms with Crippen LogP contribution in [0.15, 0.2) is 22.2 Å². The molecule has 2 aromatic rings. The number of carbonyl (C=O) groups is 1. The first-order valence-electron chi connectivity index (χ1n) is 6.59. The van der Waals surface area contributed by atoms with E-state index in [1.807, 2.05) is 22.2 Å². The molecule has 1 N–H and O–H groups in total. The standard InChI is InChI=1S/C14H18N2O3S2/c1-19-6-4-16(3-5-17)13(18)8-12-10-21-14(15-12)11-2-7-20-9-11/h2,7,9-10,17H,3-6,8H2,1H3. The number of amides is 1. The summed E-state index contributed by atoms with van der Waals surface area (Å²) in [7, 11) is 1.59. The molecule has 2 heterocycles. The van der Waals surface area contributed by atoms with E-state index in [4.69, 9.17) is 9.84 Å². The summed E-state index contributed by atoms with van der Waals surface area (Å²) in [5.74, 6) is -0.0386. The zero-order valence-corrected chi connectivity index (χ0v) is 13.5. The van der Waals surface area contributed by atoms with Gasteiger partial charge in [0.1, 0.15) is 5.01 Å². The van der Waals surface area contributed by atoms with E-state index in [1.54, 1.807) is 34.7 Å². The largest absolute Gasteiger partial charge is 0.395 e. The Morgan fingerprint density at radius 3 is 2.95 bits per heavy atom. The minimum absolute atomic E-state index is 0.0386. The zero-order chi connectivity index (χ0) is 15.1. The number of hydrogen-bond donors (Lipinski definition) is 1. The minimum atomic E-state index is -0.0489. The highest BCUT2D eigenvalue weighted by molar-refractivity contribution is 7.14. The lowest BCUT2D eigenvalue weighted by atomic mass is 10.3. The van der Waals surface area contributed by atoms with Crippen LogP contribution in [0.5, 0.6) is 0 Å². The van der Waals surface area contributed by atoms with Crippen molar-refractivity contribution in [3.8, 4) is 10.6 Å². The van der Waals surface area contributed by atoms with Gasteiger partial charge in [-0.05, 0) is 11.4 Å². The molecule has 1 amide bonds. The first kappa shape index (κ1) is 16.1. The molecule has 0 unspecified atom stereocenters. The quantitative estimate of drug-likeness (QED) is 0.804. The van der Waals surface area contributed by atoms with Crippen LogP contribution >= 0.6 is 22.7 Å². The van der Waals surface area contributed by atoms with E-state index in [-0.39, 0.29) is 18.9 Å². The van der Waals surface area contributed by atoms with Crippen LogP contribution in [0.25, 0.3) is 10.6 Å². The molecule has 5 nitrogen and oxygen atoms in total. The van der Waals surface area contributed by atoms with Crippen LogP contribution in [0.1, 0.15) is 5.69 Å². The van der Waals surface area contributed by atoms with Crippen LogP contribution in [0.4, 0.5) is 0 Å². The van der Waals surface area contributed by atoms with Crippen molar-refractivity contribution in [3.05, 3.63) is 27.9 Å². The third kappa shape index (κ3) is 4.60. The van der Waals surface area contributed by atoms with Crippen molar-refractivity contribution in [2.45, 2.75) is 6.42 Å². The van der Waals surface area contributed by atoms with Gasteiger partial charge in [-0.3, -0.25) is 4.79 Å². The maximum atomic E-state index is 12.2. The summed E-state index contributed by atoms with van der Waals surface area (Å²) in [5, 5.41) is 15.9. The second-order valence-electron chi connectivity index (χ2n) is 4.43. The van der Waals surface area contributed by atoms with Gasteiger partial charge in [0, 0.05) is 36.5 Å². The Morgan fingerprint density at radius 2 is 2.29 bits per heavy atom. The predicted molar refractivity (Wildman–Crippen MR) is 84.7 cm³/mol. The van der Waals surface area contributed by atoms with E-state index >= 15 is 0 Å². The molecule has 0 aliphatic carbocycles. The van der Waals surface area contributed by atoms with Gasteiger partial charge in [0.25, 0.3) is 0 Å². The highest BCUT2D eigenvalue weighted by Gasteiger charge is 2.15. The maximum Gasteiger partial charge on any atom is 0.228 e. The Hall–Kier alpha value is -1.28. The Labute approximate surface area is 131 Å². The molecular formula is C14H18N2O3S2. The van der Waals surface area contributed by atoms with Gasteiger partial charge >= 0.3 is 0 Å². The number of rotatable bonds is 8. The molecule has 2 aromatic heterocycles. The van der Waals surface area contributed by atoms with Crippen molar-refractivity contribution in [3.63, 3.8) is 0 Å². The summed E-state index contributed by atoms with van der Waals surface area (Å²) in [5.41, 5.74) is 1.86. The average Bonchev–Trinajstić information content (AvgIpc) is 3.13. The fourth-order valence-corrected chi connectivity index (χ4v) is 3.39. The summed E-state index contributed by atoms with van der Waals surface area (Å²) < 4.78 is 4.98. The normalized spacial score (nSPS) is 10.8. The third-order valence-corrected chi connectivity index (χ3v) is 4.56. The SMILES string of the molecule is COCCN(CCO)C(=O)Cc1csc(-c2ccsc2)n1. The highest BCUT2D eigenvalue weighted by Crippen LogP contribution is 2.25. The predicted octanol–water partition coefficient (Wildman–Crippen LogP) is 1.88. The molecule has 0 saturated heterocycles. The molecule has 0 bridgehead atoms. The molecular weight excluding hydrogens is 308 g/mol. The lowest BCUT2D eigenvalue weighted by molar-refractivity contribution is -0.131. The monoisotopic (exact) mass is 326 g/mol. The van der Waals surface area contributed by atoms with E-state index < -0.39 is 0 Å². The number of thiophene rings is 1. The van der Waals surface area contributed by atoms with Crippen molar-refractivity contribution < 1.29 is 14.6 Å². The summed E-state index contributed by atoms with van der Waals surface area (Å²) in [6.45, 7) is 1.22. The van der Waals surface area contributed by atoms with Crippen LogP contribution in [0.3, 0.4) is 0 Å². The number of thiazole rings is 1. The molecule has 0 saturated carbocycles. The Morgan fingerprint density at radius 1 is 1.43 bits per heavy atom. The molecule has 0 radical (unpaired) electrons. The Balaban J connectivity index is 1.97. The maximum absolute atomic E-state index is 12.2. The van der Waals surface area contributed by atoms with Crippen molar-refractivity contribution >= 4 is 28.6 Å². The van der Waals surface area contributed by atoms with Crippen molar-refractivity contribution in [2.75, 3.05) is 33.4 Å². The number of methoxy groups -OCH3 is 1. The molecule has 21 heavy (non-hydrogen) atoms. The van der Waals surface area contributed by atoms with Crippen LogP contribution in [0, 0.1) is 0 Å². The molecule has 0 aromatic carbocycles. The first-order chi connectivity index (χ1) is 10.2. The van der Waals surface area contributed by atoms with Crippen molar-refractivity contribution in [1.29, 1.82) is 0 Å². The molecule has 0 fully saturated rings. The molecule has 7 heteroatoms. The lowest BCUT2D eigenvalue weighted by Gasteiger charge is -2.20. The Bertz CT molecular complexity index is 554. The minimum Gasteiger partial charge on any atom is -0.395 e. The number of aliphatic hydroxyl groups is 1. The number of aliphatic hydroxyl groups excluding tert-OH is 1. The number of aromatic nitrogens is 1. The van der Waals surface area contributed by atoms with Crippen LogP contribution in [-0.4, -0.2) is 54.3 Å². The van der Waals surface area contributed by atoms with Crippen molar-refractivity contribution in [2.24, 2.45) is 0 Å². The molecule has 0 spiro atoms. The fourth-order valence-electron chi connectivity index (χ4n) is 1.86. The number of ether oxygens (including phenoxy) is 1. The molecule has 114 valence electrons. The van der Waals surface area contributed by atoms with Crippen LogP contribution in [-0.2, 0) is 16.0 Å². The van der Waals surface area contributed by atoms with Gasteiger partial charge in [0.05, 0.1) is 25.3 Å². The molecule has 0 aliphatic heterocycles. The smallest absolute Gasteiger partial charge is 0.228 e. The van der Waals surface area contributed by atoms with Gasteiger partial charge in [0.2, 0.25) is 5.91 Å². The molecule has 0 aliphatic rings. The van der Waals surface area contributed by atoms with Crippen LogP contribution in [0.2, 0.25) is 0 Å². The summed E-state index contributed by atoms with van der Waals surface area (Å²) in [6, 6.07) is 2.02. The molecule has 0 atom stereocenters. The summed E-state index contributed by atoms with van der Waals surface area (Å²) in [4.78, 5) is 18.3. The van der Waals surface area contributed by atoms with E-state index in [0.29, 0.717) is 19.7 Å². The van der Waals surface area contributed by atoms with E-state index in [2.05, 4.69) is 4.98 Å². The van der Waals surface area contributed by atoms with Gasteiger partial charge in [0.15, 0.2) is 0 Å². The van der Waals surface area contributed by atoms with Gasteiger partial charge in [-0.1, -0.05) is 0 Å². The second kappa shape index (κ2) is 8.23. The highest BCUT2D eigenvalue weighted by atomic mass is 32.1. The van der Waals surface area contributed by atoms with Crippen LogP contribution < -0.4 is 0 Å². The number of hydrogen-bond acceptors (Lipinski definition) is 6. The number of nitrogens with zero attached hydrogens (tertiary/aromatic N) is 2. The fraction of sp³-hybridized carbons (Fsp3) is 0.429. The van der Waals surface area contributed by atoms with Gasteiger partial charge in [-0.15, -0.1) is 11.3 Å². The van der Waals surface area contributed by atoms with Gasteiger partial charge in [-0.25, -0.2) is 4.98 Å². The summed E-state index contributed by atoms with van der Waals surface area (Å²) in [6.07, 6.45) is 0.254. The van der Waals surface area contributed by atoms with Gasteiger partial charge < -0.3 is 14.7 Å². The van der Waals surface area contributed by atoms with E-state index in [0.717, 1.165) is 16.3 Å². The van der Waals surface area contributed by atoms with E-state index in [1.165, 1.54) is 0 Å².